The van der Waals surface area contributed by atoms with Crippen LogP contribution in [0.1, 0.15) is 23.2 Å². The largest absolute Gasteiger partial charge is 0.393 e. The number of carbonyl (C=O) groups is 1. The molecule has 0 bridgehead atoms. The fraction of sp³-hybridized carbons (Fsp3) is 0.500. The predicted octanol–water partition coefficient (Wildman–Crippen LogP) is 0.0594. The van der Waals surface area contributed by atoms with Crippen molar-refractivity contribution in [2.75, 3.05) is 13.7 Å². The minimum Gasteiger partial charge on any atom is -0.393 e. The van der Waals surface area contributed by atoms with Gasteiger partial charge in [0.05, 0.1) is 33.7 Å². The van der Waals surface area contributed by atoms with Crippen molar-refractivity contribution in [1.82, 2.24) is 0 Å². The van der Waals surface area contributed by atoms with E-state index in [4.69, 9.17) is 20.9 Å². The van der Waals surface area contributed by atoms with Crippen LogP contribution in [-0.2, 0) is 9.47 Å². The third-order valence-corrected chi connectivity index (χ3v) is 3.48. The summed E-state index contributed by atoms with van der Waals surface area (Å²) in [6.07, 6.45) is 0.502. The summed E-state index contributed by atoms with van der Waals surface area (Å²) in [5.74, 6) is -0.957. The Labute approximate surface area is 148 Å². The number of carbonyl (C=O) groups excluding carboxylic acids is 1. The van der Waals surface area contributed by atoms with Crippen LogP contribution in [0.3, 0.4) is 0 Å². The van der Waals surface area contributed by atoms with Gasteiger partial charge in [-0.2, -0.15) is 0 Å². The number of aliphatic hydroxyl groups excluding tert-OH is 1. The molecule has 1 saturated heterocycles. The van der Waals surface area contributed by atoms with Crippen molar-refractivity contribution in [3.05, 3.63) is 44.0 Å². The van der Waals surface area contributed by atoms with E-state index in [1.807, 2.05) is 0 Å². The van der Waals surface area contributed by atoms with E-state index >= 15 is 0 Å². The number of nitro groups is 2. The third kappa shape index (κ3) is 6.33. The highest BCUT2D eigenvalue weighted by Gasteiger charge is 2.27. The summed E-state index contributed by atoms with van der Waals surface area (Å²) in [5, 5.41) is 30.1. The lowest BCUT2D eigenvalue weighted by molar-refractivity contribution is -0.394. The van der Waals surface area contributed by atoms with Crippen molar-refractivity contribution in [2.45, 2.75) is 31.3 Å². The van der Waals surface area contributed by atoms with Gasteiger partial charge in [-0.1, -0.05) is 0 Å². The molecule has 12 nitrogen and oxygen atoms in total. The van der Waals surface area contributed by atoms with Gasteiger partial charge in [-0.05, 0) is 0 Å². The van der Waals surface area contributed by atoms with E-state index in [9.17, 15) is 30.1 Å². The zero-order valence-electron chi connectivity index (χ0n) is 13.9. The summed E-state index contributed by atoms with van der Waals surface area (Å²) in [5.41, 5.74) is 8.90. The molecular weight excluding hydrogens is 352 g/mol. The molecule has 0 spiro atoms. The first-order valence-electron chi connectivity index (χ1n) is 7.48. The molecule has 12 heteroatoms. The van der Waals surface area contributed by atoms with Crippen LogP contribution in [0, 0.1) is 20.2 Å². The molecule has 1 aromatic carbocycles. The van der Waals surface area contributed by atoms with E-state index in [1.165, 1.54) is 0 Å². The van der Waals surface area contributed by atoms with Gasteiger partial charge in [0, 0.05) is 38.6 Å². The van der Waals surface area contributed by atoms with E-state index in [0.717, 1.165) is 18.2 Å². The molecule has 0 aromatic heterocycles. The molecule has 0 saturated carbocycles. The highest BCUT2D eigenvalue weighted by molar-refractivity contribution is 5.94. The van der Waals surface area contributed by atoms with Gasteiger partial charge in [0.15, 0.2) is 6.29 Å². The monoisotopic (exact) mass is 372 g/mol. The normalized spacial score (nSPS) is 22.0. The second kappa shape index (κ2) is 9.72. The fourth-order valence-electron chi connectivity index (χ4n) is 2.20. The van der Waals surface area contributed by atoms with Gasteiger partial charge in [-0.15, -0.1) is 0 Å². The molecule has 1 fully saturated rings. The van der Waals surface area contributed by atoms with Gasteiger partial charge in [0.25, 0.3) is 11.4 Å². The van der Waals surface area contributed by atoms with Crippen molar-refractivity contribution in [3.63, 3.8) is 0 Å². The Morgan fingerprint density at radius 1 is 1.27 bits per heavy atom. The average molecular weight is 372 g/mol. The maximum atomic E-state index is 10.7. The van der Waals surface area contributed by atoms with E-state index in [1.54, 1.807) is 7.11 Å². The lowest BCUT2D eigenvalue weighted by Gasteiger charge is -2.31. The molecule has 3 atom stereocenters. The van der Waals surface area contributed by atoms with Crippen molar-refractivity contribution in [1.29, 1.82) is 0 Å². The van der Waals surface area contributed by atoms with Gasteiger partial charge in [0.1, 0.15) is 0 Å². The lowest BCUT2D eigenvalue weighted by Crippen LogP contribution is -2.40. The maximum Gasteiger partial charge on any atom is 0.277 e. The first-order chi connectivity index (χ1) is 12.2. The van der Waals surface area contributed by atoms with Crippen LogP contribution in [0.25, 0.3) is 0 Å². The second-order valence-corrected chi connectivity index (χ2v) is 5.40. The molecule has 0 aliphatic carbocycles. The number of nitro benzene ring substituents is 2. The van der Waals surface area contributed by atoms with Gasteiger partial charge >= 0.3 is 0 Å². The quantitative estimate of drug-likeness (QED) is 0.473. The number of aliphatic hydroxyl groups is 1. The van der Waals surface area contributed by atoms with Crippen molar-refractivity contribution >= 4 is 17.3 Å². The number of methoxy groups -OCH3 is 1. The van der Waals surface area contributed by atoms with Gasteiger partial charge in [0.2, 0.25) is 5.91 Å². The van der Waals surface area contributed by atoms with E-state index in [-0.39, 0.29) is 24.1 Å². The van der Waals surface area contributed by atoms with E-state index in [2.05, 4.69) is 0 Å². The SMILES string of the molecule is COC1CC(O)CC(CN)O1.NC(=O)c1cc([N+](=O)[O-])cc([N+](=O)[O-])c1. The topological polar surface area (TPSA) is 194 Å². The number of hydrogen-bond acceptors (Lipinski definition) is 9. The molecule has 1 aliphatic rings. The molecule has 26 heavy (non-hydrogen) atoms. The number of amides is 1. The standard InChI is InChI=1S/C7H5N3O5.C7H15NO3/c8-7(11)4-1-5(9(12)13)3-6(2-4)10(14)15;1-10-7-3-5(9)2-6(4-8)11-7/h1-3H,(H2,8,11);5-7,9H,2-4,8H2,1H3. The summed E-state index contributed by atoms with van der Waals surface area (Å²) < 4.78 is 10.3. The number of ether oxygens (including phenoxy) is 2. The third-order valence-electron chi connectivity index (χ3n) is 3.48. The molecule has 0 radical (unpaired) electrons. The summed E-state index contributed by atoms with van der Waals surface area (Å²) in [6.45, 7) is 0.441. The molecule has 1 heterocycles. The van der Waals surface area contributed by atoms with Crippen LogP contribution in [-0.4, -0.2) is 53.0 Å². The molecule has 144 valence electrons. The minimum absolute atomic E-state index is 0.0521. The number of rotatable bonds is 5. The zero-order valence-corrected chi connectivity index (χ0v) is 13.9. The molecular formula is C14H20N4O8. The summed E-state index contributed by atoms with van der Waals surface area (Å²) in [4.78, 5) is 29.8. The van der Waals surface area contributed by atoms with Gasteiger partial charge < -0.3 is 26.0 Å². The number of benzene rings is 1. The average Bonchev–Trinajstić information content (AvgIpc) is 2.60. The fourth-order valence-corrected chi connectivity index (χ4v) is 2.20. The van der Waals surface area contributed by atoms with Gasteiger partial charge in [-0.25, -0.2) is 0 Å². The number of primary amides is 1. The molecule has 5 N–H and O–H groups in total. The Hall–Kier alpha value is -2.67. The summed E-state index contributed by atoms with van der Waals surface area (Å²) in [6, 6.07) is 2.52. The first kappa shape index (κ1) is 21.4. The Balaban J connectivity index is 0.000000273. The van der Waals surface area contributed by atoms with Crippen molar-refractivity contribution in [2.24, 2.45) is 11.5 Å². The maximum absolute atomic E-state index is 10.7. The molecule has 2 rings (SSSR count). The molecule has 1 aromatic rings. The predicted molar refractivity (Wildman–Crippen MR) is 88.2 cm³/mol. The Morgan fingerprint density at radius 2 is 1.81 bits per heavy atom. The first-order valence-corrected chi connectivity index (χ1v) is 7.48. The van der Waals surface area contributed by atoms with Crippen LogP contribution in [0.15, 0.2) is 18.2 Å². The number of nitrogens with two attached hydrogens (primary N) is 2. The van der Waals surface area contributed by atoms with Gasteiger partial charge in [-0.3, -0.25) is 25.0 Å². The van der Waals surface area contributed by atoms with E-state index in [0.29, 0.717) is 19.4 Å². The Bertz CT molecular complexity index is 577. The highest BCUT2D eigenvalue weighted by atomic mass is 16.7. The van der Waals surface area contributed by atoms with Crippen molar-refractivity contribution in [3.8, 4) is 0 Å². The Morgan fingerprint density at radius 3 is 2.19 bits per heavy atom. The van der Waals surface area contributed by atoms with Crippen molar-refractivity contribution < 1.29 is 29.2 Å². The van der Waals surface area contributed by atoms with E-state index < -0.39 is 27.1 Å². The molecule has 3 unspecified atom stereocenters. The highest BCUT2D eigenvalue weighted by Crippen LogP contribution is 2.22. The number of non-ortho nitro benzene ring substituents is 2. The zero-order chi connectivity index (χ0) is 19.9. The van der Waals surface area contributed by atoms with Crippen LogP contribution in [0.5, 0.6) is 0 Å². The summed E-state index contributed by atoms with van der Waals surface area (Å²) >= 11 is 0. The molecule has 1 amide bonds. The smallest absolute Gasteiger partial charge is 0.277 e. The summed E-state index contributed by atoms with van der Waals surface area (Å²) in [7, 11) is 1.57. The second-order valence-electron chi connectivity index (χ2n) is 5.40. The van der Waals surface area contributed by atoms with Crippen LogP contribution < -0.4 is 11.5 Å². The number of nitrogens with zero attached hydrogens (tertiary/aromatic N) is 2. The Kier molecular flexibility index (Phi) is 7.99. The van der Waals surface area contributed by atoms with Crippen LogP contribution >= 0.6 is 0 Å². The lowest BCUT2D eigenvalue weighted by atomic mass is 10.1. The number of hydrogen-bond donors (Lipinski definition) is 3. The molecule has 1 aliphatic heterocycles. The van der Waals surface area contributed by atoms with Crippen LogP contribution in [0.4, 0.5) is 11.4 Å². The van der Waals surface area contributed by atoms with Crippen LogP contribution in [0.2, 0.25) is 0 Å². The minimum atomic E-state index is -0.957.